The van der Waals surface area contributed by atoms with E-state index < -0.39 is 5.82 Å². The third kappa shape index (κ3) is 2.76. The first-order valence-electron chi connectivity index (χ1n) is 6.43. The van der Waals surface area contributed by atoms with Gasteiger partial charge in [0.25, 0.3) is 0 Å². The van der Waals surface area contributed by atoms with Gasteiger partial charge in [-0.05, 0) is 35.9 Å². The zero-order valence-corrected chi connectivity index (χ0v) is 11.0. The molecule has 0 aliphatic heterocycles. The van der Waals surface area contributed by atoms with Crippen LogP contribution in [0.15, 0.2) is 48.7 Å². The van der Waals surface area contributed by atoms with Crippen molar-refractivity contribution < 1.29 is 13.6 Å². The van der Waals surface area contributed by atoms with Gasteiger partial charge in [0, 0.05) is 17.1 Å². The number of H-pyrrole nitrogens is 1. The predicted octanol–water partition coefficient (Wildman–Crippen LogP) is 3.63. The molecule has 3 nitrogen and oxygen atoms in total. The van der Waals surface area contributed by atoms with E-state index in [9.17, 15) is 13.6 Å². The van der Waals surface area contributed by atoms with E-state index in [2.05, 4.69) is 10.3 Å². The van der Waals surface area contributed by atoms with Crippen LogP contribution in [-0.2, 0) is 11.2 Å². The summed E-state index contributed by atoms with van der Waals surface area (Å²) in [6.45, 7) is 0. The zero-order valence-electron chi connectivity index (χ0n) is 11.0. The average Bonchev–Trinajstić information content (AvgIpc) is 2.84. The normalized spacial score (nSPS) is 10.8. The molecule has 3 rings (SSSR count). The molecule has 0 aliphatic rings. The van der Waals surface area contributed by atoms with Gasteiger partial charge in [0.1, 0.15) is 11.6 Å². The SMILES string of the molecule is O=C(Cc1c[nH]c2ccc(F)cc12)Nc1ccccc1F. The lowest BCUT2D eigenvalue weighted by molar-refractivity contribution is -0.115. The van der Waals surface area contributed by atoms with Gasteiger partial charge in [-0.1, -0.05) is 12.1 Å². The quantitative estimate of drug-likeness (QED) is 0.758. The predicted molar refractivity (Wildman–Crippen MR) is 77.0 cm³/mol. The second-order valence-corrected chi connectivity index (χ2v) is 4.71. The molecule has 0 atom stereocenters. The van der Waals surface area contributed by atoms with E-state index in [0.29, 0.717) is 10.9 Å². The van der Waals surface area contributed by atoms with Crippen LogP contribution in [-0.4, -0.2) is 10.9 Å². The summed E-state index contributed by atoms with van der Waals surface area (Å²) < 4.78 is 26.7. The van der Waals surface area contributed by atoms with Crippen LogP contribution in [0.5, 0.6) is 0 Å². The smallest absolute Gasteiger partial charge is 0.228 e. The van der Waals surface area contributed by atoms with Crippen LogP contribution in [0.2, 0.25) is 0 Å². The molecular formula is C16H12F2N2O. The number of aromatic amines is 1. The molecule has 1 amide bonds. The largest absolute Gasteiger partial charge is 0.361 e. The van der Waals surface area contributed by atoms with Gasteiger partial charge in [0.05, 0.1) is 12.1 Å². The van der Waals surface area contributed by atoms with Crippen molar-refractivity contribution in [3.63, 3.8) is 0 Å². The monoisotopic (exact) mass is 286 g/mol. The van der Waals surface area contributed by atoms with Gasteiger partial charge < -0.3 is 10.3 Å². The van der Waals surface area contributed by atoms with Gasteiger partial charge in [-0.3, -0.25) is 4.79 Å². The van der Waals surface area contributed by atoms with Crippen molar-refractivity contribution in [1.82, 2.24) is 4.98 Å². The van der Waals surface area contributed by atoms with Crippen LogP contribution in [0.25, 0.3) is 10.9 Å². The van der Waals surface area contributed by atoms with Crippen molar-refractivity contribution >= 4 is 22.5 Å². The molecule has 0 aliphatic carbocycles. The Kier molecular flexibility index (Phi) is 3.39. The first kappa shape index (κ1) is 13.3. The van der Waals surface area contributed by atoms with Crippen molar-refractivity contribution in [2.24, 2.45) is 0 Å². The van der Waals surface area contributed by atoms with Crippen molar-refractivity contribution in [3.8, 4) is 0 Å². The summed E-state index contributed by atoms with van der Waals surface area (Å²) in [6.07, 6.45) is 1.70. The topological polar surface area (TPSA) is 44.9 Å². The number of para-hydroxylation sites is 1. The van der Waals surface area contributed by atoms with Crippen molar-refractivity contribution in [1.29, 1.82) is 0 Å². The minimum atomic E-state index is -0.490. The Morgan fingerprint density at radius 2 is 1.95 bits per heavy atom. The molecule has 0 unspecified atom stereocenters. The fourth-order valence-electron chi connectivity index (χ4n) is 2.23. The number of aromatic nitrogens is 1. The molecule has 21 heavy (non-hydrogen) atoms. The van der Waals surface area contributed by atoms with E-state index in [1.54, 1.807) is 24.4 Å². The van der Waals surface area contributed by atoms with Gasteiger partial charge in [-0.2, -0.15) is 0 Å². The number of hydrogen-bond donors (Lipinski definition) is 2. The third-order valence-electron chi connectivity index (χ3n) is 3.23. The lowest BCUT2D eigenvalue weighted by Crippen LogP contribution is -2.15. The fourth-order valence-corrected chi connectivity index (χ4v) is 2.23. The number of hydrogen-bond acceptors (Lipinski definition) is 1. The molecule has 0 fully saturated rings. The number of fused-ring (bicyclic) bond motifs is 1. The van der Waals surface area contributed by atoms with E-state index in [4.69, 9.17) is 0 Å². The molecule has 106 valence electrons. The maximum atomic E-state index is 13.5. The van der Waals surface area contributed by atoms with Gasteiger partial charge in [0.2, 0.25) is 5.91 Å². The van der Waals surface area contributed by atoms with Crippen molar-refractivity contribution in [3.05, 3.63) is 65.9 Å². The summed E-state index contributed by atoms with van der Waals surface area (Å²) in [5.41, 5.74) is 1.55. The molecule has 0 saturated carbocycles. The Bertz CT molecular complexity index is 811. The number of nitrogens with one attached hydrogen (secondary N) is 2. The van der Waals surface area contributed by atoms with Crippen LogP contribution in [0.1, 0.15) is 5.56 Å². The lowest BCUT2D eigenvalue weighted by atomic mass is 10.1. The summed E-state index contributed by atoms with van der Waals surface area (Å²) in [7, 11) is 0. The minimum absolute atomic E-state index is 0.0395. The first-order chi connectivity index (χ1) is 10.1. The molecule has 1 heterocycles. The van der Waals surface area contributed by atoms with Gasteiger partial charge >= 0.3 is 0 Å². The first-order valence-corrected chi connectivity index (χ1v) is 6.43. The molecular weight excluding hydrogens is 274 g/mol. The highest BCUT2D eigenvalue weighted by Crippen LogP contribution is 2.20. The maximum absolute atomic E-state index is 13.5. The van der Waals surface area contributed by atoms with Crippen molar-refractivity contribution in [2.45, 2.75) is 6.42 Å². The average molecular weight is 286 g/mol. The second kappa shape index (κ2) is 5.36. The van der Waals surface area contributed by atoms with Gasteiger partial charge in [-0.25, -0.2) is 8.78 Å². The Morgan fingerprint density at radius 1 is 1.14 bits per heavy atom. The van der Waals surface area contributed by atoms with E-state index in [-0.39, 0.29) is 23.8 Å². The van der Waals surface area contributed by atoms with Gasteiger partial charge in [-0.15, -0.1) is 0 Å². The highest BCUT2D eigenvalue weighted by molar-refractivity contribution is 5.95. The zero-order chi connectivity index (χ0) is 14.8. The van der Waals surface area contributed by atoms with Crippen LogP contribution < -0.4 is 5.32 Å². The molecule has 2 aromatic carbocycles. The summed E-state index contributed by atoms with van der Waals surface area (Å²) in [4.78, 5) is 15.0. The molecule has 1 aromatic heterocycles. The number of amides is 1. The summed E-state index contributed by atoms with van der Waals surface area (Å²) in [5.74, 6) is -1.21. The second-order valence-electron chi connectivity index (χ2n) is 4.71. The molecule has 0 bridgehead atoms. The minimum Gasteiger partial charge on any atom is -0.361 e. The number of anilines is 1. The Hall–Kier alpha value is -2.69. The number of benzene rings is 2. The molecule has 0 saturated heterocycles. The lowest BCUT2D eigenvalue weighted by Gasteiger charge is -2.05. The third-order valence-corrected chi connectivity index (χ3v) is 3.23. The molecule has 0 spiro atoms. The Morgan fingerprint density at radius 3 is 2.76 bits per heavy atom. The molecule has 0 radical (unpaired) electrons. The van der Waals surface area contributed by atoms with E-state index in [0.717, 1.165) is 5.52 Å². The highest BCUT2D eigenvalue weighted by Gasteiger charge is 2.11. The van der Waals surface area contributed by atoms with E-state index in [1.807, 2.05) is 0 Å². The Labute approximate surface area is 119 Å². The van der Waals surface area contributed by atoms with Crippen LogP contribution in [0.4, 0.5) is 14.5 Å². The molecule has 2 N–H and O–H groups in total. The van der Waals surface area contributed by atoms with Crippen LogP contribution >= 0.6 is 0 Å². The summed E-state index contributed by atoms with van der Waals surface area (Å²) in [6, 6.07) is 10.3. The molecule has 5 heteroatoms. The summed E-state index contributed by atoms with van der Waals surface area (Å²) in [5, 5.41) is 3.16. The van der Waals surface area contributed by atoms with Crippen LogP contribution in [0, 0.1) is 11.6 Å². The molecule has 3 aromatic rings. The number of halogens is 2. The highest BCUT2D eigenvalue weighted by atomic mass is 19.1. The van der Waals surface area contributed by atoms with E-state index in [1.165, 1.54) is 24.3 Å². The van der Waals surface area contributed by atoms with E-state index >= 15 is 0 Å². The number of carbonyl (C=O) groups excluding carboxylic acids is 1. The number of carbonyl (C=O) groups is 1. The number of rotatable bonds is 3. The fraction of sp³-hybridized carbons (Fsp3) is 0.0625. The van der Waals surface area contributed by atoms with Crippen molar-refractivity contribution in [2.75, 3.05) is 5.32 Å². The maximum Gasteiger partial charge on any atom is 0.228 e. The van der Waals surface area contributed by atoms with Gasteiger partial charge in [0.15, 0.2) is 0 Å². The van der Waals surface area contributed by atoms with Crippen LogP contribution in [0.3, 0.4) is 0 Å². The Balaban J connectivity index is 1.80. The standard InChI is InChI=1S/C16H12F2N2O/c17-11-5-6-14-12(8-11)10(9-19-14)7-16(21)20-15-4-2-1-3-13(15)18/h1-6,8-9,19H,7H2,(H,20,21). The summed E-state index contributed by atoms with van der Waals surface area (Å²) >= 11 is 0.